The van der Waals surface area contributed by atoms with Gasteiger partial charge in [0.25, 0.3) is 0 Å². The van der Waals surface area contributed by atoms with E-state index in [1.165, 1.54) is 6.07 Å². The molecule has 0 radical (unpaired) electrons. The lowest BCUT2D eigenvalue weighted by atomic mass is 10.2. The lowest BCUT2D eigenvalue weighted by molar-refractivity contribution is -0.113. The molecule has 2 heterocycles. The summed E-state index contributed by atoms with van der Waals surface area (Å²) in [7, 11) is 0. The normalized spacial score (nSPS) is 25.5. The average Bonchev–Trinajstić information content (AvgIpc) is 2.95. The quantitative estimate of drug-likeness (QED) is 0.915. The molecule has 124 valence electrons. The van der Waals surface area contributed by atoms with E-state index >= 15 is 0 Å². The molecule has 8 heteroatoms. The van der Waals surface area contributed by atoms with Gasteiger partial charge in [0.2, 0.25) is 5.12 Å². The summed E-state index contributed by atoms with van der Waals surface area (Å²) in [4.78, 5) is 17.6. The molecule has 1 aromatic rings. The van der Waals surface area contributed by atoms with Gasteiger partial charge in [-0.2, -0.15) is 0 Å². The van der Waals surface area contributed by atoms with Crippen LogP contribution in [0.3, 0.4) is 0 Å². The number of benzene rings is 1. The molecule has 23 heavy (non-hydrogen) atoms. The zero-order chi connectivity index (χ0) is 16.7. The van der Waals surface area contributed by atoms with Crippen molar-refractivity contribution in [3.05, 3.63) is 17.9 Å². The molecule has 3 rings (SSSR count). The lowest BCUT2D eigenvalue weighted by Crippen LogP contribution is -2.29. The predicted octanol–water partition coefficient (Wildman–Crippen LogP) is 2.99. The molecule has 0 bridgehead atoms. The van der Waals surface area contributed by atoms with E-state index in [1.807, 2.05) is 0 Å². The molecular weight excluding hydrogens is 326 g/mol. The maximum Gasteiger partial charge on any atom is 0.219 e. The van der Waals surface area contributed by atoms with Gasteiger partial charge in [-0.25, -0.2) is 13.8 Å². The van der Waals surface area contributed by atoms with Gasteiger partial charge < -0.3 is 14.7 Å². The molecule has 5 nitrogen and oxygen atoms in total. The highest BCUT2D eigenvalue weighted by molar-refractivity contribution is 8.26. The number of hydrogen-bond donors (Lipinski definition) is 1. The molecule has 2 unspecified atom stereocenters. The second kappa shape index (κ2) is 5.99. The molecule has 0 aromatic heterocycles. The van der Waals surface area contributed by atoms with Crippen LogP contribution in [-0.2, 0) is 4.79 Å². The summed E-state index contributed by atoms with van der Waals surface area (Å²) in [5, 5.41) is 9.82. The van der Waals surface area contributed by atoms with Gasteiger partial charge in [0.05, 0.1) is 12.6 Å². The third kappa shape index (κ3) is 3.12. The Morgan fingerprint density at radius 2 is 2.22 bits per heavy atom. The van der Waals surface area contributed by atoms with Crippen LogP contribution in [0.15, 0.2) is 17.1 Å². The van der Waals surface area contributed by atoms with Crippen molar-refractivity contribution < 1.29 is 23.4 Å². The number of fused-ring (bicyclic) bond motifs is 1. The van der Waals surface area contributed by atoms with E-state index in [4.69, 9.17) is 4.74 Å². The topological polar surface area (TPSA) is 62.1 Å². The first-order valence-electron chi connectivity index (χ1n) is 7.25. The number of rotatable bonds is 3. The van der Waals surface area contributed by atoms with Gasteiger partial charge >= 0.3 is 0 Å². The van der Waals surface area contributed by atoms with Crippen LogP contribution >= 0.6 is 11.8 Å². The number of phenols is 1. The number of halogens is 2. The maximum absolute atomic E-state index is 14.0. The monoisotopic (exact) mass is 342 g/mol. The number of thioether (sulfide) groups is 1. The molecule has 2 atom stereocenters. The third-order valence-corrected chi connectivity index (χ3v) is 4.55. The van der Waals surface area contributed by atoms with E-state index in [0.717, 1.165) is 17.8 Å². The molecule has 2 fully saturated rings. The highest BCUT2D eigenvalue weighted by Gasteiger charge is 2.45. The molecule has 2 saturated heterocycles. The number of hydrogen-bond acceptors (Lipinski definition) is 5. The van der Waals surface area contributed by atoms with Gasteiger partial charge in [0, 0.05) is 18.6 Å². The first-order valence-corrected chi connectivity index (χ1v) is 8.07. The van der Waals surface area contributed by atoms with Crippen LogP contribution in [0.4, 0.5) is 14.5 Å². The van der Waals surface area contributed by atoms with Crippen molar-refractivity contribution in [1.82, 2.24) is 4.90 Å². The number of aliphatic imine (C=N–C) groups is 1. The number of carbonyl (C=O) groups is 1. The van der Waals surface area contributed by atoms with E-state index in [2.05, 4.69) is 4.99 Å². The second-order valence-corrected chi connectivity index (χ2v) is 6.73. The largest absolute Gasteiger partial charge is 0.504 e. The second-order valence-electron chi connectivity index (χ2n) is 5.75. The Morgan fingerprint density at radius 1 is 1.48 bits per heavy atom. The van der Waals surface area contributed by atoms with Crippen molar-refractivity contribution in [2.24, 2.45) is 4.99 Å². The minimum atomic E-state index is -1.08. The first-order chi connectivity index (χ1) is 10.8. The van der Waals surface area contributed by atoms with Crippen LogP contribution in [0.5, 0.6) is 11.5 Å². The number of phenolic OH excluding ortho intramolecular Hbond substituents is 1. The number of carbonyl (C=O) groups excluding carboxylic acids is 1. The van der Waals surface area contributed by atoms with E-state index in [-0.39, 0.29) is 46.5 Å². The molecule has 0 aliphatic carbocycles. The van der Waals surface area contributed by atoms with Crippen LogP contribution < -0.4 is 4.74 Å². The highest BCUT2D eigenvalue weighted by atomic mass is 32.2. The molecule has 1 aromatic carbocycles. The standard InChI is InChI=1S/C15H16F2N2O3S/c1-7(2)22-13-5-10(9(17)4-12(13)20)18-15-19-6-8(16)3-11(19)14(21)23-15/h4-5,7-8,11,20H,3,6H2,1-2H3. The fourth-order valence-electron chi connectivity index (χ4n) is 2.59. The molecule has 0 saturated carbocycles. The number of amidine groups is 1. The van der Waals surface area contributed by atoms with Crippen molar-refractivity contribution in [3.63, 3.8) is 0 Å². The van der Waals surface area contributed by atoms with Crippen LogP contribution in [0, 0.1) is 5.82 Å². The summed E-state index contributed by atoms with van der Waals surface area (Å²) in [6, 6.07) is 1.66. The van der Waals surface area contributed by atoms with Crippen molar-refractivity contribution in [2.45, 2.75) is 38.6 Å². The van der Waals surface area contributed by atoms with Gasteiger partial charge in [0.15, 0.2) is 22.5 Å². The number of alkyl halides is 1. The predicted molar refractivity (Wildman–Crippen MR) is 83.5 cm³/mol. The van der Waals surface area contributed by atoms with Crippen molar-refractivity contribution in [1.29, 1.82) is 0 Å². The summed E-state index contributed by atoms with van der Waals surface area (Å²) in [6.07, 6.45) is -1.14. The Morgan fingerprint density at radius 3 is 2.91 bits per heavy atom. The molecular formula is C15H16F2N2O3S. The van der Waals surface area contributed by atoms with Gasteiger partial charge in [-0.1, -0.05) is 0 Å². The summed E-state index contributed by atoms with van der Waals surface area (Å²) >= 11 is 0.887. The first kappa shape index (κ1) is 16.0. The van der Waals surface area contributed by atoms with Crippen LogP contribution in [0.25, 0.3) is 0 Å². The number of ether oxygens (including phenoxy) is 1. The smallest absolute Gasteiger partial charge is 0.219 e. The zero-order valence-corrected chi connectivity index (χ0v) is 13.4. The Bertz CT molecular complexity index is 681. The van der Waals surface area contributed by atoms with E-state index in [0.29, 0.717) is 0 Å². The zero-order valence-electron chi connectivity index (χ0n) is 12.6. The Kier molecular flexibility index (Phi) is 4.18. The van der Waals surface area contributed by atoms with Crippen molar-refractivity contribution in [3.8, 4) is 11.5 Å². The molecule has 2 aliphatic rings. The minimum Gasteiger partial charge on any atom is -0.504 e. The van der Waals surface area contributed by atoms with Gasteiger partial charge in [0.1, 0.15) is 17.9 Å². The van der Waals surface area contributed by atoms with Crippen LogP contribution in [0.1, 0.15) is 20.3 Å². The summed E-state index contributed by atoms with van der Waals surface area (Å²) < 4.78 is 32.9. The Hall–Kier alpha value is -1.83. The fourth-order valence-corrected chi connectivity index (χ4v) is 3.59. The Labute approximate surface area is 136 Å². The van der Waals surface area contributed by atoms with E-state index < -0.39 is 18.0 Å². The van der Waals surface area contributed by atoms with Gasteiger partial charge in [-0.05, 0) is 25.6 Å². The molecule has 0 spiro atoms. The van der Waals surface area contributed by atoms with E-state index in [1.54, 1.807) is 18.7 Å². The molecule has 1 N–H and O–H groups in total. The van der Waals surface area contributed by atoms with Crippen LogP contribution in [0.2, 0.25) is 0 Å². The highest BCUT2D eigenvalue weighted by Crippen LogP contribution is 2.38. The van der Waals surface area contributed by atoms with Crippen molar-refractivity contribution in [2.75, 3.05) is 6.54 Å². The van der Waals surface area contributed by atoms with Gasteiger partial charge in [-0.3, -0.25) is 4.79 Å². The summed E-state index contributed by atoms with van der Waals surface area (Å²) in [6.45, 7) is 3.63. The lowest BCUT2D eigenvalue weighted by Gasteiger charge is -2.16. The maximum atomic E-state index is 14.0. The van der Waals surface area contributed by atoms with Gasteiger partial charge in [-0.15, -0.1) is 0 Å². The number of aromatic hydroxyl groups is 1. The fraction of sp³-hybridized carbons (Fsp3) is 0.467. The van der Waals surface area contributed by atoms with Crippen molar-refractivity contribution >= 4 is 27.7 Å². The number of nitrogens with zero attached hydrogens (tertiary/aromatic N) is 2. The third-order valence-electron chi connectivity index (χ3n) is 3.57. The van der Waals surface area contributed by atoms with Crippen LogP contribution in [-0.4, -0.2) is 45.2 Å². The average molecular weight is 342 g/mol. The molecule has 0 amide bonds. The summed E-state index contributed by atoms with van der Waals surface area (Å²) in [5.74, 6) is -0.951. The summed E-state index contributed by atoms with van der Waals surface area (Å²) in [5.41, 5.74) is -0.0586. The molecule has 2 aliphatic heterocycles. The Balaban J connectivity index is 1.94. The SMILES string of the molecule is CC(C)Oc1cc(N=C2SC(=O)C3CC(F)CN23)c(F)cc1O. The van der Waals surface area contributed by atoms with E-state index in [9.17, 15) is 18.7 Å². The minimum absolute atomic E-state index is 0.0586.